The molecule has 1 unspecified atom stereocenters. The number of carbonyl (C=O) groups is 1. The second-order valence-corrected chi connectivity index (χ2v) is 7.24. The fourth-order valence-corrected chi connectivity index (χ4v) is 3.93. The van der Waals surface area contributed by atoms with E-state index < -0.39 is 0 Å². The molecule has 2 aliphatic rings. The van der Waals surface area contributed by atoms with Gasteiger partial charge in [-0.2, -0.15) is 0 Å². The molecular weight excluding hydrogens is 341 g/mol. The molecule has 0 radical (unpaired) electrons. The lowest BCUT2D eigenvalue weighted by Crippen LogP contribution is -2.32. The summed E-state index contributed by atoms with van der Waals surface area (Å²) in [7, 11) is 0. The van der Waals surface area contributed by atoms with Gasteiger partial charge in [-0.15, -0.1) is 0 Å². The Morgan fingerprint density at radius 3 is 2.85 bits per heavy atom. The first-order valence-electron chi connectivity index (χ1n) is 9.51. The van der Waals surface area contributed by atoms with Crippen molar-refractivity contribution in [3.05, 3.63) is 65.6 Å². The molecule has 0 saturated carbocycles. The molecule has 2 aromatic carbocycles. The van der Waals surface area contributed by atoms with Crippen molar-refractivity contribution in [2.45, 2.75) is 32.2 Å². The van der Waals surface area contributed by atoms with Gasteiger partial charge in [0.05, 0.1) is 11.3 Å². The van der Waals surface area contributed by atoms with Crippen molar-refractivity contribution in [1.29, 1.82) is 0 Å². The highest BCUT2D eigenvalue weighted by atomic mass is 19.1. The minimum absolute atomic E-state index is 0.250. The molecule has 4 nitrogen and oxygen atoms in total. The highest BCUT2D eigenvalue weighted by Gasteiger charge is 2.29. The quantitative estimate of drug-likeness (QED) is 0.806. The van der Waals surface area contributed by atoms with Crippen LogP contribution >= 0.6 is 0 Å². The molecule has 140 valence electrons. The molecule has 0 aromatic heterocycles. The van der Waals surface area contributed by atoms with Gasteiger partial charge in [-0.3, -0.25) is 4.79 Å². The van der Waals surface area contributed by atoms with Gasteiger partial charge in [0.15, 0.2) is 0 Å². The van der Waals surface area contributed by atoms with Crippen molar-refractivity contribution in [3.63, 3.8) is 0 Å². The molecule has 2 aliphatic heterocycles. The van der Waals surface area contributed by atoms with E-state index in [0.717, 1.165) is 43.6 Å². The van der Waals surface area contributed by atoms with Gasteiger partial charge in [0, 0.05) is 23.5 Å². The van der Waals surface area contributed by atoms with E-state index in [9.17, 15) is 9.18 Å². The first-order chi connectivity index (χ1) is 13.1. The van der Waals surface area contributed by atoms with Gasteiger partial charge in [-0.1, -0.05) is 18.2 Å². The van der Waals surface area contributed by atoms with Crippen LogP contribution in [-0.4, -0.2) is 25.0 Å². The molecule has 0 bridgehead atoms. The lowest BCUT2D eigenvalue weighted by atomic mass is 10.0. The summed E-state index contributed by atoms with van der Waals surface area (Å²) < 4.78 is 14.5. The minimum Gasteiger partial charge on any atom is -0.344 e. The molecule has 5 heteroatoms. The van der Waals surface area contributed by atoms with Gasteiger partial charge in [-0.25, -0.2) is 4.39 Å². The first-order valence-corrected chi connectivity index (χ1v) is 9.51. The monoisotopic (exact) mass is 365 g/mol. The van der Waals surface area contributed by atoms with Crippen LogP contribution in [0, 0.1) is 12.7 Å². The number of rotatable bonds is 3. The first kappa shape index (κ1) is 17.7. The Morgan fingerprint density at radius 1 is 1.15 bits per heavy atom. The fourth-order valence-electron chi connectivity index (χ4n) is 3.93. The zero-order valence-electron chi connectivity index (χ0n) is 15.5. The van der Waals surface area contributed by atoms with Gasteiger partial charge in [0.1, 0.15) is 5.82 Å². The van der Waals surface area contributed by atoms with Crippen LogP contribution in [0.1, 0.15) is 30.4 Å². The molecule has 2 aromatic rings. The molecule has 1 fully saturated rings. The average molecular weight is 365 g/mol. The number of nitrogens with one attached hydrogen (secondary N) is 2. The van der Waals surface area contributed by atoms with Crippen LogP contribution in [-0.2, 0) is 4.79 Å². The van der Waals surface area contributed by atoms with Gasteiger partial charge in [0.25, 0.3) is 5.91 Å². The van der Waals surface area contributed by atoms with Crippen LogP contribution in [0.4, 0.5) is 15.8 Å². The Labute approximate surface area is 159 Å². The highest BCUT2D eigenvalue weighted by Crippen LogP contribution is 2.35. The zero-order valence-corrected chi connectivity index (χ0v) is 15.5. The number of aryl methyl sites for hydroxylation is 1. The maximum Gasteiger partial charge on any atom is 0.257 e. The number of hydrogen-bond donors (Lipinski definition) is 2. The summed E-state index contributed by atoms with van der Waals surface area (Å²) in [5.41, 5.74) is 3.49. The molecule has 1 atom stereocenters. The van der Waals surface area contributed by atoms with E-state index in [1.165, 1.54) is 6.07 Å². The SMILES string of the molecule is Cc1cccc(N(/C=C2\C(=O)Nc3cccc(F)c32)C2CCCNCC2)c1. The molecule has 4 rings (SSSR count). The molecule has 2 N–H and O–H groups in total. The van der Waals surface area contributed by atoms with Gasteiger partial charge in [-0.05, 0) is 69.1 Å². The van der Waals surface area contributed by atoms with E-state index in [0.29, 0.717) is 16.8 Å². The van der Waals surface area contributed by atoms with Crippen molar-refractivity contribution < 1.29 is 9.18 Å². The number of halogens is 1. The van der Waals surface area contributed by atoms with Crippen LogP contribution in [0.15, 0.2) is 48.7 Å². The predicted octanol–water partition coefficient (Wildman–Crippen LogP) is 4.08. The molecular formula is C22H24FN3O. The number of carbonyl (C=O) groups excluding carboxylic acids is 1. The number of benzene rings is 2. The smallest absolute Gasteiger partial charge is 0.257 e. The van der Waals surface area contributed by atoms with E-state index in [1.807, 2.05) is 12.3 Å². The summed E-state index contributed by atoms with van der Waals surface area (Å²) in [4.78, 5) is 14.7. The lowest BCUT2D eigenvalue weighted by molar-refractivity contribution is -0.110. The Morgan fingerprint density at radius 2 is 2.00 bits per heavy atom. The van der Waals surface area contributed by atoms with Crippen molar-refractivity contribution in [1.82, 2.24) is 5.32 Å². The number of hydrogen-bond acceptors (Lipinski definition) is 3. The molecule has 27 heavy (non-hydrogen) atoms. The zero-order chi connectivity index (χ0) is 18.8. The topological polar surface area (TPSA) is 44.4 Å². The standard InChI is InChI=1S/C22H24FN3O/c1-15-5-2-6-17(13-15)26(16-7-4-11-24-12-10-16)14-18-21-19(23)8-3-9-20(21)25-22(18)27/h2-3,5-6,8-9,13-14,16,24H,4,7,10-12H2,1H3,(H,25,27)/b18-14-. The highest BCUT2D eigenvalue weighted by molar-refractivity contribution is 6.31. The average Bonchev–Trinajstić information content (AvgIpc) is 2.82. The van der Waals surface area contributed by atoms with E-state index in [1.54, 1.807) is 12.1 Å². The number of nitrogens with zero attached hydrogens (tertiary/aromatic N) is 1. The van der Waals surface area contributed by atoms with Crippen molar-refractivity contribution in [2.75, 3.05) is 23.3 Å². The largest absolute Gasteiger partial charge is 0.344 e. The Kier molecular flexibility index (Phi) is 4.94. The van der Waals surface area contributed by atoms with Crippen LogP contribution in [0.2, 0.25) is 0 Å². The maximum absolute atomic E-state index is 14.5. The van der Waals surface area contributed by atoms with E-state index in [2.05, 4.69) is 40.7 Å². The molecule has 0 spiro atoms. The minimum atomic E-state index is -0.371. The van der Waals surface area contributed by atoms with E-state index in [-0.39, 0.29) is 17.8 Å². The normalized spacial score (nSPS) is 20.9. The van der Waals surface area contributed by atoms with Crippen molar-refractivity contribution in [3.8, 4) is 0 Å². The van der Waals surface area contributed by atoms with Crippen LogP contribution in [0.25, 0.3) is 5.57 Å². The molecule has 2 heterocycles. The third-order valence-electron chi connectivity index (χ3n) is 5.28. The van der Waals surface area contributed by atoms with Gasteiger partial charge < -0.3 is 15.5 Å². The molecule has 1 amide bonds. The Balaban J connectivity index is 1.80. The fraction of sp³-hybridized carbons (Fsp3) is 0.318. The van der Waals surface area contributed by atoms with Crippen LogP contribution in [0.5, 0.6) is 0 Å². The van der Waals surface area contributed by atoms with Gasteiger partial charge in [0.2, 0.25) is 0 Å². The summed E-state index contributed by atoms with van der Waals surface area (Å²) in [6.45, 7) is 4.00. The van der Waals surface area contributed by atoms with Crippen molar-refractivity contribution >= 4 is 22.9 Å². The predicted molar refractivity (Wildman–Crippen MR) is 107 cm³/mol. The Bertz CT molecular complexity index is 885. The number of amides is 1. The maximum atomic E-state index is 14.5. The lowest BCUT2D eigenvalue weighted by Gasteiger charge is -2.31. The molecule has 0 aliphatic carbocycles. The summed E-state index contributed by atoms with van der Waals surface area (Å²) in [5.74, 6) is -0.622. The molecule has 1 saturated heterocycles. The second-order valence-electron chi connectivity index (χ2n) is 7.24. The third-order valence-corrected chi connectivity index (χ3v) is 5.28. The summed E-state index contributed by atoms with van der Waals surface area (Å²) >= 11 is 0. The van der Waals surface area contributed by atoms with Gasteiger partial charge >= 0.3 is 0 Å². The van der Waals surface area contributed by atoms with Crippen LogP contribution in [0.3, 0.4) is 0 Å². The second kappa shape index (κ2) is 7.53. The Hall–Kier alpha value is -2.66. The summed E-state index contributed by atoms with van der Waals surface area (Å²) in [6.07, 6.45) is 4.92. The van der Waals surface area contributed by atoms with E-state index >= 15 is 0 Å². The summed E-state index contributed by atoms with van der Waals surface area (Å²) in [5, 5.41) is 6.22. The van der Waals surface area contributed by atoms with Crippen molar-refractivity contribution in [2.24, 2.45) is 0 Å². The summed E-state index contributed by atoms with van der Waals surface area (Å²) in [6, 6.07) is 13.3. The van der Waals surface area contributed by atoms with Crippen LogP contribution < -0.4 is 15.5 Å². The number of fused-ring (bicyclic) bond motifs is 1. The van der Waals surface area contributed by atoms with E-state index in [4.69, 9.17) is 0 Å². The third kappa shape index (κ3) is 3.60. The number of anilines is 2.